The van der Waals surface area contributed by atoms with E-state index >= 15 is 0 Å². The van der Waals surface area contributed by atoms with Crippen molar-refractivity contribution in [2.24, 2.45) is 0 Å². The van der Waals surface area contributed by atoms with Crippen molar-refractivity contribution in [1.82, 2.24) is 9.97 Å². The van der Waals surface area contributed by atoms with Crippen LogP contribution in [0.5, 0.6) is 0 Å². The molecular weight excluding hydrogens is 212 g/mol. The summed E-state index contributed by atoms with van der Waals surface area (Å²) in [5, 5.41) is 3.28. The highest BCUT2D eigenvalue weighted by Crippen LogP contribution is 2.19. The summed E-state index contributed by atoms with van der Waals surface area (Å²) in [7, 11) is 0. The molecule has 17 heavy (non-hydrogen) atoms. The average molecular weight is 228 g/mol. The minimum Gasteiger partial charge on any atom is -0.397 e. The number of nitrogen functional groups attached to an aromatic ring is 1. The number of aromatic nitrogens is 2. The number of benzene rings is 1. The molecule has 0 aliphatic heterocycles. The Hall–Kier alpha value is -2.10. The van der Waals surface area contributed by atoms with E-state index in [-0.39, 0.29) is 0 Å². The lowest BCUT2D eigenvalue weighted by atomic mass is 10.2. The molecule has 1 aromatic carbocycles. The number of hydrogen-bond acceptors (Lipinski definition) is 4. The van der Waals surface area contributed by atoms with Crippen LogP contribution in [-0.4, -0.2) is 9.97 Å². The maximum absolute atomic E-state index is 5.89. The van der Waals surface area contributed by atoms with Gasteiger partial charge in [-0.15, -0.1) is 0 Å². The first-order valence-electron chi connectivity index (χ1n) is 5.53. The van der Waals surface area contributed by atoms with Crippen LogP contribution in [0, 0.1) is 13.8 Å². The molecule has 0 bridgehead atoms. The lowest BCUT2D eigenvalue weighted by Crippen LogP contribution is -2.05. The molecule has 0 aliphatic carbocycles. The standard InChI is InChI=1S/C13H16N4/c1-9-3-4-12(14)13(7-9)16-8-11-5-6-15-10(2)17-11/h3-7,16H,8,14H2,1-2H3. The van der Waals surface area contributed by atoms with Crippen LogP contribution < -0.4 is 11.1 Å². The van der Waals surface area contributed by atoms with Crippen molar-refractivity contribution < 1.29 is 0 Å². The zero-order valence-corrected chi connectivity index (χ0v) is 10.1. The van der Waals surface area contributed by atoms with E-state index in [0.717, 1.165) is 22.9 Å². The minimum atomic E-state index is 0.650. The molecule has 3 N–H and O–H groups in total. The average Bonchev–Trinajstić information content (AvgIpc) is 2.30. The number of nitrogens with two attached hydrogens (primary N) is 1. The maximum Gasteiger partial charge on any atom is 0.125 e. The van der Waals surface area contributed by atoms with Gasteiger partial charge in [-0.3, -0.25) is 0 Å². The summed E-state index contributed by atoms with van der Waals surface area (Å²) < 4.78 is 0. The van der Waals surface area contributed by atoms with E-state index in [9.17, 15) is 0 Å². The largest absolute Gasteiger partial charge is 0.397 e. The van der Waals surface area contributed by atoms with Gasteiger partial charge >= 0.3 is 0 Å². The fourth-order valence-electron chi connectivity index (χ4n) is 1.61. The predicted octanol–water partition coefficient (Wildman–Crippen LogP) is 2.29. The highest BCUT2D eigenvalue weighted by atomic mass is 14.9. The molecule has 0 radical (unpaired) electrons. The molecule has 1 heterocycles. The number of aryl methyl sites for hydroxylation is 2. The lowest BCUT2D eigenvalue weighted by Gasteiger charge is -2.09. The molecule has 0 saturated carbocycles. The fraction of sp³-hybridized carbons (Fsp3) is 0.231. The van der Waals surface area contributed by atoms with E-state index in [1.54, 1.807) is 6.20 Å². The fourth-order valence-corrected chi connectivity index (χ4v) is 1.61. The Kier molecular flexibility index (Phi) is 3.23. The van der Waals surface area contributed by atoms with E-state index in [2.05, 4.69) is 15.3 Å². The SMILES string of the molecule is Cc1ccc(N)c(NCc2ccnc(C)n2)c1. The van der Waals surface area contributed by atoms with Crippen LogP contribution >= 0.6 is 0 Å². The first-order chi connectivity index (χ1) is 8.15. The third kappa shape index (κ3) is 2.93. The molecule has 4 heteroatoms. The molecule has 88 valence electrons. The van der Waals surface area contributed by atoms with E-state index in [1.165, 1.54) is 5.56 Å². The quantitative estimate of drug-likeness (QED) is 0.791. The van der Waals surface area contributed by atoms with Gasteiger partial charge in [-0.05, 0) is 37.6 Å². The second-order valence-corrected chi connectivity index (χ2v) is 4.04. The molecule has 0 atom stereocenters. The van der Waals surface area contributed by atoms with E-state index in [0.29, 0.717) is 6.54 Å². The molecule has 0 aliphatic rings. The van der Waals surface area contributed by atoms with Crippen molar-refractivity contribution in [2.45, 2.75) is 20.4 Å². The molecule has 1 aromatic heterocycles. The van der Waals surface area contributed by atoms with Gasteiger partial charge in [0.1, 0.15) is 5.82 Å². The molecular formula is C13H16N4. The van der Waals surface area contributed by atoms with Crippen molar-refractivity contribution in [1.29, 1.82) is 0 Å². The number of anilines is 2. The zero-order valence-electron chi connectivity index (χ0n) is 10.1. The molecule has 0 amide bonds. The summed E-state index contributed by atoms with van der Waals surface area (Å²) in [6, 6.07) is 7.83. The Balaban J connectivity index is 2.09. The van der Waals surface area contributed by atoms with E-state index in [4.69, 9.17) is 5.73 Å². The Morgan fingerprint density at radius 2 is 2.06 bits per heavy atom. The van der Waals surface area contributed by atoms with Crippen LogP contribution in [0.1, 0.15) is 17.1 Å². The monoisotopic (exact) mass is 228 g/mol. The summed E-state index contributed by atoms with van der Waals surface area (Å²) in [6.07, 6.45) is 1.76. The molecule has 0 fully saturated rings. The van der Waals surface area contributed by atoms with E-state index in [1.807, 2.05) is 38.1 Å². The van der Waals surface area contributed by atoms with Gasteiger partial charge in [-0.2, -0.15) is 0 Å². The Labute approximate surface area is 101 Å². The second-order valence-electron chi connectivity index (χ2n) is 4.04. The zero-order chi connectivity index (χ0) is 12.3. The van der Waals surface area contributed by atoms with Crippen LogP contribution in [0.3, 0.4) is 0 Å². The molecule has 4 nitrogen and oxygen atoms in total. The summed E-state index contributed by atoms with van der Waals surface area (Å²) in [4.78, 5) is 8.39. The van der Waals surface area contributed by atoms with Gasteiger partial charge in [0.05, 0.1) is 23.6 Å². The Morgan fingerprint density at radius 1 is 1.24 bits per heavy atom. The van der Waals surface area contributed by atoms with Gasteiger partial charge in [-0.1, -0.05) is 6.07 Å². The lowest BCUT2D eigenvalue weighted by molar-refractivity contribution is 0.955. The molecule has 0 saturated heterocycles. The summed E-state index contributed by atoms with van der Waals surface area (Å²) in [6.45, 7) is 4.57. The Morgan fingerprint density at radius 3 is 2.82 bits per heavy atom. The van der Waals surface area contributed by atoms with Crippen molar-refractivity contribution >= 4 is 11.4 Å². The highest BCUT2D eigenvalue weighted by Gasteiger charge is 2.00. The summed E-state index contributed by atoms with van der Waals surface area (Å²) in [5.74, 6) is 0.779. The van der Waals surface area contributed by atoms with Crippen LogP contribution in [-0.2, 0) is 6.54 Å². The van der Waals surface area contributed by atoms with Crippen molar-refractivity contribution in [3.8, 4) is 0 Å². The second kappa shape index (κ2) is 4.82. The number of rotatable bonds is 3. The number of nitrogens with one attached hydrogen (secondary N) is 1. The Bertz CT molecular complexity index is 523. The number of nitrogens with zero attached hydrogens (tertiary/aromatic N) is 2. The topological polar surface area (TPSA) is 63.8 Å². The third-order valence-corrected chi connectivity index (χ3v) is 2.50. The summed E-state index contributed by atoms with van der Waals surface area (Å²) >= 11 is 0. The normalized spacial score (nSPS) is 10.2. The maximum atomic E-state index is 5.89. The predicted molar refractivity (Wildman–Crippen MR) is 69.7 cm³/mol. The van der Waals surface area contributed by atoms with Crippen molar-refractivity contribution in [3.05, 3.63) is 47.5 Å². The van der Waals surface area contributed by atoms with Gasteiger partial charge in [-0.25, -0.2) is 9.97 Å². The van der Waals surface area contributed by atoms with E-state index < -0.39 is 0 Å². The molecule has 2 aromatic rings. The van der Waals surface area contributed by atoms with Gasteiger partial charge in [0.2, 0.25) is 0 Å². The van der Waals surface area contributed by atoms with Crippen LogP contribution in [0.25, 0.3) is 0 Å². The van der Waals surface area contributed by atoms with Gasteiger partial charge in [0.25, 0.3) is 0 Å². The first-order valence-corrected chi connectivity index (χ1v) is 5.53. The van der Waals surface area contributed by atoms with Gasteiger partial charge < -0.3 is 11.1 Å². The smallest absolute Gasteiger partial charge is 0.125 e. The summed E-state index contributed by atoms with van der Waals surface area (Å²) in [5.41, 5.74) is 9.72. The minimum absolute atomic E-state index is 0.650. The van der Waals surface area contributed by atoms with Gasteiger partial charge in [0, 0.05) is 6.20 Å². The first kappa shape index (κ1) is 11.4. The van der Waals surface area contributed by atoms with Crippen LogP contribution in [0.2, 0.25) is 0 Å². The van der Waals surface area contributed by atoms with Crippen LogP contribution in [0.15, 0.2) is 30.5 Å². The van der Waals surface area contributed by atoms with Crippen molar-refractivity contribution in [2.75, 3.05) is 11.1 Å². The van der Waals surface area contributed by atoms with Crippen LogP contribution in [0.4, 0.5) is 11.4 Å². The number of hydrogen-bond donors (Lipinski definition) is 2. The molecule has 0 unspecified atom stereocenters. The molecule has 0 spiro atoms. The highest BCUT2D eigenvalue weighted by molar-refractivity contribution is 5.66. The molecule has 2 rings (SSSR count). The third-order valence-electron chi connectivity index (χ3n) is 2.50. The van der Waals surface area contributed by atoms with Gasteiger partial charge in [0.15, 0.2) is 0 Å². The van der Waals surface area contributed by atoms with Crippen molar-refractivity contribution in [3.63, 3.8) is 0 Å².